The zero-order chi connectivity index (χ0) is 14.7. The lowest BCUT2D eigenvalue weighted by molar-refractivity contribution is 0.0696. The summed E-state index contributed by atoms with van der Waals surface area (Å²) < 4.78 is 0.546. The van der Waals surface area contributed by atoms with E-state index in [0.717, 1.165) is 0 Å². The van der Waals surface area contributed by atoms with Gasteiger partial charge in [0.15, 0.2) is 0 Å². The largest absolute Gasteiger partial charge is 0.478 e. The molecule has 20 heavy (non-hydrogen) atoms. The Labute approximate surface area is 127 Å². The predicted molar refractivity (Wildman–Crippen MR) is 78.3 cm³/mol. The number of amides is 1. The van der Waals surface area contributed by atoms with Gasteiger partial charge in [0.25, 0.3) is 5.91 Å². The van der Waals surface area contributed by atoms with Crippen LogP contribution in [0.4, 0.5) is 5.69 Å². The maximum atomic E-state index is 12.0. The van der Waals surface area contributed by atoms with Crippen LogP contribution in [0.5, 0.6) is 0 Å². The molecule has 7 heteroatoms. The summed E-state index contributed by atoms with van der Waals surface area (Å²) in [6, 6.07) is 7.59. The summed E-state index contributed by atoms with van der Waals surface area (Å²) in [4.78, 5) is 26.9. The first-order chi connectivity index (χ1) is 9.49. The Bertz CT molecular complexity index is 691. The first-order valence-corrected chi connectivity index (χ1v) is 6.61. The van der Waals surface area contributed by atoms with Crippen molar-refractivity contribution in [3.05, 3.63) is 57.3 Å². The molecule has 0 aliphatic carbocycles. The highest BCUT2D eigenvalue weighted by Gasteiger charge is 2.14. The van der Waals surface area contributed by atoms with Crippen LogP contribution < -0.4 is 5.32 Å². The second-order valence-electron chi connectivity index (χ2n) is 3.79. The van der Waals surface area contributed by atoms with Gasteiger partial charge in [-0.2, -0.15) is 0 Å². The number of carbonyl (C=O) groups excluding carboxylic acids is 1. The minimum Gasteiger partial charge on any atom is -0.478 e. The molecule has 1 aromatic carbocycles. The highest BCUT2D eigenvalue weighted by molar-refractivity contribution is 9.10. The van der Waals surface area contributed by atoms with Gasteiger partial charge in [-0.05, 0) is 46.3 Å². The van der Waals surface area contributed by atoms with Crippen molar-refractivity contribution in [2.45, 2.75) is 0 Å². The van der Waals surface area contributed by atoms with E-state index in [4.69, 9.17) is 16.7 Å². The van der Waals surface area contributed by atoms with E-state index in [0.29, 0.717) is 10.2 Å². The lowest BCUT2D eigenvalue weighted by Crippen LogP contribution is -2.14. The Morgan fingerprint density at radius 3 is 2.70 bits per heavy atom. The standard InChI is InChI=1S/C13H8BrClN2O3/c14-9-2-1-5-16-11(9)12(18)17-7-3-4-10(15)8(6-7)13(19)20/h1-6H,(H,17,18)(H,19,20). The molecule has 0 bridgehead atoms. The van der Waals surface area contributed by atoms with Gasteiger partial charge in [-0.15, -0.1) is 0 Å². The number of carbonyl (C=O) groups is 2. The van der Waals surface area contributed by atoms with E-state index < -0.39 is 11.9 Å². The molecule has 2 rings (SSSR count). The number of carboxylic acids is 1. The molecule has 1 aromatic heterocycles. The van der Waals surface area contributed by atoms with Crippen molar-refractivity contribution in [1.29, 1.82) is 0 Å². The van der Waals surface area contributed by atoms with Crippen LogP contribution in [-0.4, -0.2) is 22.0 Å². The number of halogens is 2. The van der Waals surface area contributed by atoms with E-state index >= 15 is 0 Å². The zero-order valence-electron chi connectivity index (χ0n) is 9.93. The molecule has 0 radical (unpaired) electrons. The van der Waals surface area contributed by atoms with Crippen LogP contribution in [0.2, 0.25) is 5.02 Å². The summed E-state index contributed by atoms with van der Waals surface area (Å²) in [5.41, 5.74) is 0.457. The minimum atomic E-state index is -1.16. The van der Waals surface area contributed by atoms with Crippen molar-refractivity contribution in [1.82, 2.24) is 4.98 Å². The molecule has 0 spiro atoms. The van der Waals surface area contributed by atoms with Crippen LogP contribution in [0.15, 0.2) is 41.0 Å². The number of nitrogens with zero attached hydrogens (tertiary/aromatic N) is 1. The van der Waals surface area contributed by atoms with Crippen molar-refractivity contribution in [3.8, 4) is 0 Å². The zero-order valence-corrected chi connectivity index (χ0v) is 12.3. The predicted octanol–water partition coefficient (Wildman–Crippen LogP) is 3.45. The van der Waals surface area contributed by atoms with Gasteiger partial charge in [0.2, 0.25) is 0 Å². The van der Waals surface area contributed by atoms with Gasteiger partial charge in [0.1, 0.15) is 5.69 Å². The van der Waals surface area contributed by atoms with Crippen LogP contribution in [0.25, 0.3) is 0 Å². The fourth-order valence-corrected chi connectivity index (χ4v) is 2.14. The third kappa shape index (κ3) is 3.15. The third-order valence-corrected chi connectivity index (χ3v) is 3.40. The molecule has 1 heterocycles. The monoisotopic (exact) mass is 354 g/mol. The van der Waals surface area contributed by atoms with Crippen molar-refractivity contribution in [2.75, 3.05) is 5.32 Å². The maximum absolute atomic E-state index is 12.0. The Balaban J connectivity index is 2.27. The molecule has 0 aliphatic rings. The first-order valence-electron chi connectivity index (χ1n) is 5.44. The van der Waals surface area contributed by atoms with E-state index in [-0.39, 0.29) is 16.3 Å². The number of aromatic carboxylic acids is 1. The van der Waals surface area contributed by atoms with Crippen LogP contribution in [0.1, 0.15) is 20.8 Å². The summed E-state index contributed by atoms with van der Waals surface area (Å²) >= 11 is 8.98. The smallest absolute Gasteiger partial charge is 0.337 e. The number of aromatic nitrogens is 1. The van der Waals surface area contributed by atoms with Crippen LogP contribution in [-0.2, 0) is 0 Å². The Hall–Kier alpha value is -1.92. The van der Waals surface area contributed by atoms with Crippen molar-refractivity contribution in [3.63, 3.8) is 0 Å². The highest BCUT2D eigenvalue weighted by atomic mass is 79.9. The molecule has 0 atom stereocenters. The number of hydrogen-bond acceptors (Lipinski definition) is 3. The van der Waals surface area contributed by atoms with Crippen molar-refractivity contribution < 1.29 is 14.7 Å². The molecule has 0 fully saturated rings. The Morgan fingerprint density at radius 2 is 2.05 bits per heavy atom. The normalized spacial score (nSPS) is 10.1. The van der Waals surface area contributed by atoms with Crippen molar-refractivity contribution in [2.24, 2.45) is 0 Å². The molecule has 5 nitrogen and oxygen atoms in total. The van der Waals surface area contributed by atoms with Crippen LogP contribution in [0, 0.1) is 0 Å². The van der Waals surface area contributed by atoms with Gasteiger partial charge in [-0.25, -0.2) is 9.78 Å². The maximum Gasteiger partial charge on any atom is 0.337 e. The summed E-state index contributed by atoms with van der Waals surface area (Å²) in [6.07, 6.45) is 1.49. The molecular weight excluding hydrogens is 348 g/mol. The molecule has 2 aromatic rings. The van der Waals surface area contributed by atoms with Gasteiger partial charge in [-0.1, -0.05) is 11.6 Å². The Kier molecular flexibility index (Phi) is 4.36. The van der Waals surface area contributed by atoms with Gasteiger partial charge < -0.3 is 10.4 Å². The fraction of sp³-hybridized carbons (Fsp3) is 0. The lowest BCUT2D eigenvalue weighted by atomic mass is 10.2. The minimum absolute atomic E-state index is 0.0791. The number of nitrogens with one attached hydrogen (secondary N) is 1. The second kappa shape index (κ2) is 6.02. The van der Waals surface area contributed by atoms with E-state index in [1.165, 1.54) is 24.4 Å². The molecule has 2 N–H and O–H groups in total. The molecule has 0 aliphatic heterocycles. The third-order valence-electron chi connectivity index (χ3n) is 2.43. The SMILES string of the molecule is O=C(O)c1cc(NC(=O)c2ncccc2Br)ccc1Cl. The van der Waals surface area contributed by atoms with E-state index in [2.05, 4.69) is 26.2 Å². The molecule has 0 saturated heterocycles. The number of pyridine rings is 1. The summed E-state index contributed by atoms with van der Waals surface area (Å²) in [5.74, 6) is -1.61. The molecular formula is C13H8BrClN2O3. The topological polar surface area (TPSA) is 79.3 Å². The average Bonchev–Trinajstić information content (AvgIpc) is 2.41. The molecule has 0 saturated carbocycles. The van der Waals surface area contributed by atoms with E-state index in [9.17, 15) is 9.59 Å². The van der Waals surface area contributed by atoms with Gasteiger partial charge in [0, 0.05) is 16.4 Å². The summed E-state index contributed by atoms with van der Waals surface area (Å²) in [6.45, 7) is 0. The summed E-state index contributed by atoms with van der Waals surface area (Å²) in [7, 11) is 0. The number of anilines is 1. The van der Waals surface area contributed by atoms with E-state index in [1.807, 2.05) is 0 Å². The number of carboxylic acid groups (broad SMARTS) is 1. The molecule has 0 unspecified atom stereocenters. The van der Waals surface area contributed by atoms with Gasteiger partial charge in [-0.3, -0.25) is 4.79 Å². The Morgan fingerprint density at radius 1 is 1.30 bits per heavy atom. The molecule has 102 valence electrons. The highest BCUT2D eigenvalue weighted by Crippen LogP contribution is 2.22. The lowest BCUT2D eigenvalue weighted by Gasteiger charge is -2.07. The van der Waals surface area contributed by atoms with Crippen LogP contribution in [0.3, 0.4) is 0 Å². The van der Waals surface area contributed by atoms with Gasteiger partial charge >= 0.3 is 5.97 Å². The quantitative estimate of drug-likeness (QED) is 0.884. The number of hydrogen-bond donors (Lipinski definition) is 2. The fourth-order valence-electron chi connectivity index (χ4n) is 1.51. The van der Waals surface area contributed by atoms with Gasteiger partial charge in [0.05, 0.1) is 10.6 Å². The van der Waals surface area contributed by atoms with Crippen LogP contribution >= 0.6 is 27.5 Å². The average molecular weight is 356 g/mol. The first kappa shape index (κ1) is 14.5. The number of benzene rings is 1. The number of rotatable bonds is 3. The second-order valence-corrected chi connectivity index (χ2v) is 5.05. The summed E-state index contributed by atoms with van der Waals surface area (Å²) in [5, 5.41) is 11.6. The molecule has 1 amide bonds. The van der Waals surface area contributed by atoms with E-state index in [1.54, 1.807) is 12.1 Å². The van der Waals surface area contributed by atoms with Crippen molar-refractivity contribution >= 4 is 45.1 Å².